The molecule has 0 spiro atoms. The molecule has 0 atom stereocenters. The molecule has 7 nitrogen and oxygen atoms in total. The van der Waals surface area contributed by atoms with Gasteiger partial charge in [0.05, 0.1) is 6.21 Å². The van der Waals surface area contributed by atoms with Crippen LogP contribution >= 0.6 is 0 Å². The Kier molecular flexibility index (Phi) is 3.91. The summed E-state index contributed by atoms with van der Waals surface area (Å²) in [6, 6.07) is 3.43. The molecule has 130 valence electrons. The first-order chi connectivity index (χ1) is 12.1. The third-order valence-electron chi connectivity index (χ3n) is 4.77. The van der Waals surface area contributed by atoms with Gasteiger partial charge in [-0.3, -0.25) is 9.78 Å². The van der Waals surface area contributed by atoms with Gasteiger partial charge >= 0.3 is 0 Å². The summed E-state index contributed by atoms with van der Waals surface area (Å²) >= 11 is 0. The number of aromatic nitrogens is 2. The number of H-pyrrole nitrogens is 1. The molecule has 0 unspecified atom stereocenters. The quantitative estimate of drug-likeness (QED) is 0.587. The second kappa shape index (κ2) is 6.23. The average molecular weight is 339 g/mol. The van der Waals surface area contributed by atoms with Crippen LogP contribution in [0.25, 0.3) is 0 Å². The molecule has 0 amide bonds. The smallest absolute Gasteiger partial charge is 0.252 e. The molecule has 2 aliphatic rings. The van der Waals surface area contributed by atoms with Crippen molar-refractivity contribution in [2.45, 2.75) is 32.6 Å². The van der Waals surface area contributed by atoms with Crippen molar-refractivity contribution < 1.29 is 5.11 Å². The van der Waals surface area contributed by atoms with Gasteiger partial charge in [-0.2, -0.15) is 5.10 Å². The van der Waals surface area contributed by atoms with Gasteiger partial charge in [-0.15, -0.1) is 0 Å². The zero-order valence-electron chi connectivity index (χ0n) is 14.2. The number of aromatic amines is 1. The highest BCUT2D eigenvalue weighted by Gasteiger charge is 2.27. The fourth-order valence-electron chi connectivity index (χ4n) is 3.76. The Balaban J connectivity index is 1.63. The van der Waals surface area contributed by atoms with Crippen LogP contribution in [0.15, 0.2) is 22.0 Å². The van der Waals surface area contributed by atoms with Crippen LogP contribution in [0.2, 0.25) is 0 Å². The standard InChI is InChI=1S/C18H21N5O2/c1-11-8-15(24)21-18(20-11)22-19-10-13-9-12-4-2-6-23-7-3-5-14(16(12)23)17(13)25/h8-10,25H,2-7H2,1H3,(H2,20,21,22,24). The molecule has 0 saturated carbocycles. The van der Waals surface area contributed by atoms with Gasteiger partial charge < -0.3 is 10.0 Å². The first-order valence-electron chi connectivity index (χ1n) is 8.61. The van der Waals surface area contributed by atoms with E-state index in [9.17, 15) is 9.90 Å². The molecule has 3 heterocycles. The number of anilines is 2. The number of phenols is 1. The number of hydrogen-bond acceptors (Lipinski definition) is 6. The average Bonchev–Trinajstić information content (AvgIpc) is 2.58. The van der Waals surface area contributed by atoms with Crippen molar-refractivity contribution in [3.8, 4) is 5.75 Å². The monoisotopic (exact) mass is 339 g/mol. The second-order valence-electron chi connectivity index (χ2n) is 6.60. The van der Waals surface area contributed by atoms with Gasteiger partial charge in [0.25, 0.3) is 5.56 Å². The number of rotatable bonds is 3. The lowest BCUT2D eigenvalue weighted by atomic mass is 9.89. The fraction of sp³-hybridized carbons (Fsp3) is 0.389. The Morgan fingerprint density at radius 3 is 2.92 bits per heavy atom. The Morgan fingerprint density at radius 2 is 2.12 bits per heavy atom. The topological polar surface area (TPSA) is 93.6 Å². The summed E-state index contributed by atoms with van der Waals surface area (Å²) < 4.78 is 0. The van der Waals surface area contributed by atoms with E-state index in [1.54, 1.807) is 13.1 Å². The third kappa shape index (κ3) is 2.97. The lowest BCUT2D eigenvalue weighted by Crippen LogP contribution is -2.34. The molecule has 3 N–H and O–H groups in total. The van der Waals surface area contributed by atoms with Crippen molar-refractivity contribution in [2.75, 3.05) is 23.4 Å². The van der Waals surface area contributed by atoms with Crippen LogP contribution in [0.5, 0.6) is 5.75 Å². The predicted octanol–water partition coefficient (Wildman–Crippen LogP) is 1.93. The van der Waals surface area contributed by atoms with Crippen molar-refractivity contribution in [2.24, 2.45) is 5.10 Å². The lowest BCUT2D eigenvalue weighted by Gasteiger charge is -2.37. The van der Waals surface area contributed by atoms with Crippen molar-refractivity contribution in [3.05, 3.63) is 44.9 Å². The fourth-order valence-corrected chi connectivity index (χ4v) is 3.76. The van der Waals surface area contributed by atoms with Crippen LogP contribution in [0, 0.1) is 6.92 Å². The highest BCUT2D eigenvalue weighted by molar-refractivity contribution is 5.88. The minimum absolute atomic E-state index is 0.230. The second-order valence-corrected chi connectivity index (χ2v) is 6.60. The molecule has 25 heavy (non-hydrogen) atoms. The Labute approximate surface area is 145 Å². The van der Waals surface area contributed by atoms with Crippen molar-refractivity contribution in [3.63, 3.8) is 0 Å². The maximum Gasteiger partial charge on any atom is 0.252 e. The molecule has 0 aliphatic carbocycles. The summed E-state index contributed by atoms with van der Waals surface area (Å²) in [6.07, 6.45) is 5.71. The van der Waals surface area contributed by atoms with E-state index in [1.807, 2.05) is 6.07 Å². The molecular weight excluding hydrogens is 318 g/mol. The molecule has 0 fully saturated rings. The normalized spacial score (nSPS) is 16.1. The van der Waals surface area contributed by atoms with E-state index in [4.69, 9.17) is 0 Å². The van der Waals surface area contributed by atoms with Crippen molar-refractivity contribution in [1.82, 2.24) is 9.97 Å². The molecule has 1 aromatic carbocycles. The van der Waals surface area contributed by atoms with Crippen LogP contribution in [-0.4, -0.2) is 34.4 Å². The highest BCUT2D eigenvalue weighted by Crippen LogP contribution is 2.41. The highest BCUT2D eigenvalue weighted by atomic mass is 16.3. The maximum atomic E-state index is 11.4. The summed E-state index contributed by atoms with van der Waals surface area (Å²) in [5.74, 6) is 0.591. The Bertz CT molecular complexity index is 901. The van der Waals surface area contributed by atoms with E-state index >= 15 is 0 Å². The number of hydrazone groups is 1. The van der Waals surface area contributed by atoms with E-state index in [-0.39, 0.29) is 11.5 Å². The van der Waals surface area contributed by atoms with Crippen LogP contribution in [0.3, 0.4) is 0 Å². The Morgan fingerprint density at radius 1 is 1.32 bits per heavy atom. The molecule has 0 radical (unpaired) electrons. The molecule has 2 aromatic rings. The van der Waals surface area contributed by atoms with E-state index in [1.165, 1.54) is 17.3 Å². The predicted molar refractivity (Wildman–Crippen MR) is 97.8 cm³/mol. The molecule has 1 aromatic heterocycles. The van der Waals surface area contributed by atoms with Crippen LogP contribution in [0.1, 0.15) is 35.2 Å². The number of hydrogen-bond donors (Lipinski definition) is 3. The van der Waals surface area contributed by atoms with Gasteiger partial charge in [0.2, 0.25) is 5.95 Å². The minimum atomic E-state index is -0.230. The van der Waals surface area contributed by atoms with E-state index in [2.05, 4.69) is 25.4 Å². The molecule has 0 bridgehead atoms. The van der Waals surface area contributed by atoms with Gasteiger partial charge in [-0.1, -0.05) is 0 Å². The number of benzene rings is 1. The number of nitrogens with one attached hydrogen (secondary N) is 2. The number of phenolic OH excluding ortho intramolecular Hbond substituents is 1. The minimum Gasteiger partial charge on any atom is -0.507 e. The number of aromatic hydroxyl groups is 1. The number of aryl methyl sites for hydroxylation is 2. The van der Waals surface area contributed by atoms with Gasteiger partial charge in [-0.25, -0.2) is 10.4 Å². The summed E-state index contributed by atoms with van der Waals surface area (Å²) in [7, 11) is 0. The third-order valence-corrected chi connectivity index (χ3v) is 4.77. The van der Waals surface area contributed by atoms with E-state index in [0.717, 1.165) is 44.3 Å². The summed E-state index contributed by atoms with van der Waals surface area (Å²) in [4.78, 5) is 20.6. The molecule has 7 heteroatoms. The zero-order chi connectivity index (χ0) is 17.4. The number of nitrogens with zero attached hydrogens (tertiary/aromatic N) is 3. The maximum absolute atomic E-state index is 11.4. The van der Waals surface area contributed by atoms with Gasteiger partial charge in [-0.05, 0) is 44.2 Å². The van der Waals surface area contributed by atoms with Crippen molar-refractivity contribution >= 4 is 17.9 Å². The molecular formula is C18H21N5O2. The van der Waals surface area contributed by atoms with Gasteiger partial charge in [0.15, 0.2) is 0 Å². The summed E-state index contributed by atoms with van der Waals surface area (Å²) in [6.45, 7) is 3.89. The van der Waals surface area contributed by atoms with Crippen LogP contribution in [-0.2, 0) is 12.8 Å². The van der Waals surface area contributed by atoms with Gasteiger partial charge in [0.1, 0.15) is 5.75 Å². The summed E-state index contributed by atoms with van der Waals surface area (Å²) in [5.41, 5.74) is 7.34. The summed E-state index contributed by atoms with van der Waals surface area (Å²) in [5, 5.41) is 14.8. The van der Waals surface area contributed by atoms with E-state index < -0.39 is 0 Å². The van der Waals surface area contributed by atoms with Crippen molar-refractivity contribution in [1.29, 1.82) is 0 Å². The first kappa shape index (κ1) is 15.7. The Hall–Kier alpha value is -2.83. The first-order valence-corrected chi connectivity index (χ1v) is 8.61. The van der Waals surface area contributed by atoms with Gasteiger partial charge in [0, 0.05) is 41.7 Å². The molecule has 4 rings (SSSR count). The molecule has 2 aliphatic heterocycles. The van der Waals surface area contributed by atoms with Crippen LogP contribution in [0.4, 0.5) is 11.6 Å². The molecule has 0 saturated heterocycles. The lowest BCUT2D eigenvalue weighted by molar-refractivity contribution is 0.461. The van der Waals surface area contributed by atoms with Crippen LogP contribution < -0.4 is 15.9 Å². The zero-order valence-corrected chi connectivity index (χ0v) is 14.2. The van der Waals surface area contributed by atoms with E-state index in [0.29, 0.717) is 17.0 Å². The largest absolute Gasteiger partial charge is 0.507 e. The SMILES string of the molecule is Cc1cc(=O)[nH]c(NN=Cc2cc3c4c(c2O)CCCN4CCC3)n1.